The topological polar surface area (TPSA) is 280 Å². The van der Waals surface area contributed by atoms with Gasteiger partial charge in [-0.25, -0.2) is 10.1 Å². The third kappa shape index (κ3) is 12.4. The summed E-state index contributed by atoms with van der Waals surface area (Å²) in [6.07, 6.45) is 11.1. The molecule has 2 aliphatic heterocycles. The average Bonchev–Trinajstić information content (AvgIpc) is 3.71. The zero-order chi connectivity index (χ0) is 46.4. The summed E-state index contributed by atoms with van der Waals surface area (Å²) in [7, 11) is -13.1. The van der Waals surface area contributed by atoms with E-state index in [1.54, 1.807) is 30.4 Å². The zero-order valence-electron chi connectivity index (χ0n) is 34.5. The number of allylic oxidation sites excluding steroid dienone is 6. The van der Waals surface area contributed by atoms with E-state index in [1.165, 1.54) is 30.3 Å². The van der Waals surface area contributed by atoms with Gasteiger partial charge in [0.15, 0.2) is 5.71 Å². The molecule has 23 heteroatoms. The summed E-state index contributed by atoms with van der Waals surface area (Å²) in [6.45, 7) is 6.06. The largest absolute Gasteiger partial charge is 0.492 e. The Labute approximate surface area is 369 Å². The lowest BCUT2D eigenvalue weighted by Gasteiger charge is -2.30. The van der Waals surface area contributed by atoms with Crippen molar-refractivity contribution in [3.8, 4) is 11.8 Å². The number of hydrogen-bond acceptors (Lipinski definition) is 15. The molecule has 5 rings (SSSR count). The number of nitrogens with zero attached hydrogens (tertiary/aromatic N) is 3. The molecule has 0 radical (unpaired) electrons. The van der Waals surface area contributed by atoms with Crippen molar-refractivity contribution in [2.24, 2.45) is 0 Å². The number of benzene rings is 2. The van der Waals surface area contributed by atoms with Crippen LogP contribution in [0.25, 0.3) is 0 Å². The zero-order valence-corrected chi connectivity index (χ0v) is 37.8. The summed E-state index contributed by atoms with van der Waals surface area (Å²) in [5, 5.41) is 32.2. The Morgan fingerprint density at radius 2 is 1.49 bits per heavy atom. The first-order valence-corrected chi connectivity index (χ1v) is 25.0. The van der Waals surface area contributed by atoms with Crippen LogP contribution in [0.5, 0.6) is 11.8 Å². The van der Waals surface area contributed by atoms with Crippen LogP contribution in [0.1, 0.15) is 76.8 Å². The molecule has 3 aromatic rings. The maximum Gasteiger partial charge on any atom is 0.333 e. The molecule has 3 heterocycles. The number of anilines is 1. The van der Waals surface area contributed by atoms with Gasteiger partial charge in [0.2, 0.25) is 17.4 Å². The second-order valence-electron chi connectivity index (χ2n) is 15.6. The fourth-order valence-corrected chi connectivity index (χ4v) is 9.83. The van der Waals surface area contributed by atoms with Crippen LogP contribution in [-0.4, -0.2) is 100.0 Å². The molecule has 2 aromatic carbocycles. The molecule has 1 unspecified atom stereocenters. The number of unbranched alkanes of at least 4 members (excludes halogenated alkanes) is 2. The molecule has 1 atom stereocenters. The maximum absolute atomic E-state index is 12.5. The second-order valence-corrected chi connectivity index (χ2v) is 21.0. The summed E-state index contributed by atoms with van der Waals surface area (Å²) in [5.74, 6) is -2.54. The van der Waals surface area contributed by atoms with Gasteiger partial charge in [-0.05, 0) is 82.0 Å². The van der Waals surface area contributed by atoms with Crippen LogP contribution >= 0.6 is 12.0 Å². The molecule has 0 spiro atoms. The minimum Gasteiger partial charge on any atom is -0.492 e. The molecule has 6 N–H and O–H groups in total. The molecule has 0 saturated heterocycles. The van der Waals surface area contributed by atoms with Crippen molar-refractivity contribution in [2.75, 3.05) is 29.5 Å². The van der Waals surface area contributed by atoms with E-state index in [1.807, 2.05) is 48.5 Å². The number of aromatic hydroxyl groups is 2. The summed E-state index contributed by atoms with van der Waals surface area (Å²) < 4.78 is 107. The Morgan fingerprint density at radius 1 is 0.810 bits per heavy atom. The van der Waals surface area contributed by atoms with E-state index in [2.05, 4.69) is 5.04 Å². The molecule has 19 nitrogen and oxygen atoms in total. The standard InChI is InChI=1S/C40H49N3O16S4/c1-39(2)30-27-29(63(54,55)56)16-18-32(30)41(22-10-24-61(48,49)50)34(39)12-6-4-7-13-35-40(3,21-9-5-8-14-38(46)57-43-36(44)19-20-37(43)45)31-26-28(60-59-58-47)15-17-33(31)42(35)23-11-25-62(51,52)53/h4,6-7,12-13,15-20,26-27H,5,8-11,14,21-25H2,1-3H3,(H5-,44,45,47,48,49,50,51,52,53,54,55,56)/p+1. The number of carbonyl (C=O) groups excluding carboxylic acids is 1. The van der Waals surface area contributed by atoms with E-state index in [0.29, 0.717) is 52.3 Å². The summed E-state index contributed by atoms with van der Waals surface area (Å²) in [4.78, 5) is 19.8. The molecule has 1 aromatic heterocycles. The molecule has 0 saturated carbocycles. The molecule has 0 fully saturated rings. The molecule has 0 bridgehead atoms. The SMILES string of the molecule is CC1(C)C(C=CC=CC=C2N(CCCS(=O)(=O)O)c3ccc(SOOO)cc3C2(C)CCCCCC(=O)On2c(O)ccc2O)=[N+](CCCS(=O)(=O)O)c2ccc(S(=O)(=O)O)cc21. The lowest BCUT2D eigenvalue weighted by Crippen LogP contribution is -2.30. The highest BCUT2D eigenvalue weighted by molar-refractivity contribution is 7.94. The highest BCUT2D eigenvalue weighted by atomic mass is 32.2. The van der Waals surface area contributed by atoms with Gasteiger partial charge in [0.25, 0.3) is 30.4 Å². The van der Waals surface area contributed by atoms with Crippen LogP contribution in [0.15, 0.2) is 94.4 Å². The number of rotatable bonds is 22. The highest BCUT2D eigenvalue weighted by Gasteiger charge is 2.45. The monoisotopic (exact) mass is 956 g/mol. The Balaban J connectivity index is 1.46. The fraction of sp³-hybridized carbons (Fsp3) is 0.400. The van der Waals surface area contributed by atoms with Crippen LogP contribution in [0.4, 0.5) is 11.4 Å². The quantitative estimate of drug-likeness (QED) is 0.0130. The van der Waals surface area contributed by atoms with Crippen molar-refractivity contribution in [3.63, 3.8) is 0 Å². The molecule has 63 heavy (non-hydrogen) atoms. The molecular formula is C40H50N3O16S4+. The Kier molecular flexibility index (Phi) is 15.8. The van der Waals surface area contributed by atoms with Gasteiger partial charge in [0, 0.05) is 70.9 Å². The van der Waals surface area contributed by atoms with E-state index in [0.717, 1.165) is 29.0 Å². The van der Waals surface area contributed by atoms with Crippen molar-refractivity contribution in [3.05, 3.63) is 95.7 Å². The number of carbonyl (C=O) groups is 1. The van der Waals surface area contributed by atoms with E-state index < -0.39 is 70.4 Å². The highest BCUT2D eigenvalue weighted by Crippen LogP contribution is 2.52. The molecular weight excluding hydrogens is 907 g/mol. The van der Waals surface area contributed by atoms with Gasteiger partial charge in [0.1, 0.15) is 6.54 Å². The van der Waals surface area contributed by atoms with E-state index in [4.69, 9.17) is 14.4 Å². The second kappa shape index (κ2) is 20.1. The first kappa shape index (κ1) is 49.5. The van der Waals surface area contributed by atoms with Gasteiger partial charge in [-0.15, -0.1) is 9.06 Å². The Hall–Kier alpha value is -4.56. The van der Waals surface area contributed by atoms with Gasteiger partial charge < -0.3 is 20.0 Å². The number of fused-ring (bicyclic) bond motifs is 2. The molecule has 344 valence electrons. The smallest absolute Gasteiger partial charge is 0.333 e. The van der Waals surface area contributed by atoms with Gasteiger partial charge in [-0.3, -0.25) is 13.7 Å². The maximum atomic E-state index is 12.5. The van der Waals surface area contributed by atoms with Crippen LogP contribution < -0.4 is 9.74 Å². The first-order chi connectivity index (χ1) is 29.5. The van der Waals surface area contributed by atoms with Gasteiger partial charge >= 0.3 is 5.97 Å². The third-order valence-corrected chi connectivity index (χ3v) is 13.9. The van der Waals surface area contributed by atoms with Gasteiger partial charge in [-0.1, -0.05) is 36.1 Å². The number of aromatic nitrogens is 1. The lowest BCUT2D eigenvalue weighted by atomic mass is 9.77. The van der Waals surface area contributed by atoms with Crippen molar-refractivity contribution in [2.45, 2.75) is 86.3 Å². The Morgan fingerprint density at radius 3 is 2.14 bits per heavy atom. The fourth-order valence-electron chi connectivity index (χ4n) is 7.93. The van der Waals surface area contributed by atoms with Crippen molar-refractivity contribution in [1.29, 1.82) is 0 Å². The van der Waals surface area contributed by atoms with Crippen LogP contribution in [0.2, 0.25) is 0 Å². The van der Waals surface area contributed by atoms with Gasteiger partial charge in [-0.2, -0.15) is 29.8 Å². The molecule has 2 aliphatic rings. The summed E-state index contributed by atoms with van der Waals surface area (Å²) in [5.41, 5.74) is 2.63. The van der Waals surface area contributed by atoms with Crippen molar-refractivity contribution in [1.82, 2.24) is 4.73 Å². The summed E-state index contributed by atoms with van der Waals surface area (Å²) in [6, 6.07) is 11.9. The van der Waals surface area contributed by atoms with Gasteiger partial charge in [0.05, 0.1) is 33.9 Å². The predicted octanol–water partition coefficient (Wildman–Crippen LogP) is 5.89. The van der Waals surface area contributed by atoms with Crippen LogP contribution in [0, 0.1) is 0 Å². The minimum absolute atomic E-state index is 0.0102. The minimum atomic E-state index is -4.54. The van der Waals surface area contributed by atoms with E-state index >= 15 is 0 Å². The molecule has 0 amide bonds. The van der Waals surface area contributed by atoms with Crippen molar-refractivity contribution >= 4 is 65.5 Å². The normalized spacial score (nSPS) is 18.3. The first-order valence-electron chi connectivity index (χ1n) is 19.6. The summed E-state index contributed by atoms with van der Waals surface area (Å²) >= 11 is 0.764. The average molecular weight is 957 g/mol. The lowest BCUT2D eigenvalue weighted by molar-refractivity contribution is -0.437. The predicted molar refractivity (Wildman–Crippen MR) is 232 cm³/mol. The van der Waals surface area contributed by atoms with E-state index in [9.17, 15) is 53.9 Å². The third-order valence-electron chi connectivity index (χ3n) is 10.9. The Bertz CT molecular complexity index is 2630. The van der Waals surface area contributed by atoms with Crippen LogP contribution in [-0.2, 0) is 55.4 Å². The van der Waals surface area contributed by atoms with Crippen LogP contribution in [0.3, 0.4) is 0 Å². The molecule has 0 aliphatic carbocycles. The number of hydrogen-bond donors (Lipinski definition) is 6. The van der Waals surface area contributed by atoms with E-state index in [-0.39, 0.29) is 37.2 Å². The van der Waals surface area contributed by atoms with Crippen molar-refractivity contribution < 1.29 is 78.0 Å².